The van der Waals surface area contributed by atoms with Gasteiger partial charge in [-0.3, -0.25) is 0 Å². The van der Waals surface area contributed by atoms with Crippen molar-refractivity contribution in [1.29, 1.82) is 0 Å². The number of hydrogen-bond acceptors (Lipinski definition) is 0. The Morgan fingerprint density at radius 1 is 0.523 bits per heavy atom. The van der Waals surface area contributed by atoms with Crippen LogP contribution in [-0.2, 0) is 6.42 Å². The van der Waals surface area contributed by atoms with E-state index in [1.165, 1.54) is 76.8 Å². The number of benzene rings is 7. The zero-order valence-corrected chi connectivity index (χ0v) is 24.7. The molecule has 0 aromatic heterocycles. The average molecular weight is 561 g/mol. The smallest absolute Gasteiger partial charge is 0.00233 e. The molecule has 0 saturated heterocycles. The zero-order valence-electron chi connectivity index (χ0n) is 24.7. The minimum atomic E-state index is 1.01. The van der Waals surface area contributed by atoms with E-state index in [-0.39, 0.29) is 0 Å². The molecule has 0 saturated carbocycles. The van der Waals surface area contributed by atoms with E-state index in [9.17, 15) is 0 Å². The van der Waals surface area contributed by atoms with Crippen LogP contribution < -0.4 is 0 Å². The van der Waals surface area contributed by atoms with Crippen LogP contribution in [0.1, 0.15) is 28.7 Å². The van der Waals surface area contributed by atoms with Gasteiger partial charge in [0.15, 0.2) is 0 Å². The summed E-state index contributed by atoms with van der Waals surface area (Å²) in [4.78, 5) is 0. The third-order valence-electron chi connectivity index (χ3n) is 9.28. The molecule has 0 radical (unpaired) electrons. The van der Waals surface area contributed by atoms with E-state index in [0.29, 0.717) is 0 Å². The predicted molar refractivity (Wildman–Crippen MR) is 193 cm³/mol. The second-order valence-electron chi connectivity index (χ2n) is 11.6. The highest BCUT2D eigenvalue weighted by Gasteiger charge is 2.24. The standard InChI is InChI=1S/C44H32/c1-3-34-35(4-2)43-33(27-24-31-16-8-9-17-36(31)43)28-41(34)44-39-20-12-10-18-37(39)42(38-19-11-13-21-40(38)44)32-25-22-30(23-26-32)29-14-6-5-7-15-29/h3-10,12-18,20-28H,1-2,11,19H2. The topological polar surface area (TPSA) is 0 Å². The molecule has 0 fully saturated rings. The number of allylic oxidation sites excluding steroid dienone is 1. The number of hydrogen-bond donors (Lipinski definition) is 0. The van der Waals surface area contributed by atoms with Gasteiger partial charge in [-0.15, -0.1) is 0 Å². The average Bonchev–Trinajstić information content (AvgIpc) is 3.10. The van der Waals surface area contributed by atoms with Crippen molar-refractivity contribution >= 4 is 50.5 Å². The van der Waals surface area contributed by atoms with Crippen LogP contribution in [0, 0.1) is 0 Å². The van der Waals surface area contributed by atoms with Crippen LogP contribution in [0.15, 0.2) is 141 Å². The molecular weight excluding hydrogens is 528 g/mol. The molecule has 0 heteroatoms. The summed E-state index contributed by atoms with van der Waals surface area (Å²) in [5.41, 5.74) is 12.6. The normalized spacial score (nSPS) is 12.5. The molecule has 44 heavy (non-hydrogen) atoms. The van der Waals surface area contributed by atoms with Crippen LogP contribution in [-0.4, -0.2) is 0 Å². The van der Waals surface area contributed by atoms with Gasteiger partial charge in [0.25, 0.3) is 0 Å². The van der Waals surface area contributed by atoms with Crippen molar-refractivity contribution in [1.82, 2.24) is 0 Å². The molecule has 208 valence electrons. The Morgan fingerprint density at radius 3 is 1.89 bits per heavy atom. The molecule has 0 heterocycles. The first-order chi connectivity index (χ1) is 21.8. The molecule has 0 N–H and O–H groups in total. The number of fused-ring (bicyclic) bond motifs is 5. The lowest BCUT2D eigenvalue weighted by Crippen LogP contribution is -2.03. The second-order valence-corrected chi connectivity index (χ2v) is 11.6. The van der Waals surface area contributed by atoms with Crippen molar-refractivity contribution in [3.63, 3.8) is 0 Å². The van der Waals surface area contributed by atoms with Crippen LogP contribution in [0.3, 0.4) is 0 Å². The fourth-order valence-corrected chi connectivity index (χ4v) is 7.33. The number of rotatable bonds is 5. The molecular formula is C44H32. The van der Waals surface area contributed by atoms with Crippen molar-refractivity contribution < 1.29 is 0 Å². The molecule has 1 aliphatic rings. The summed E-state index contributed by atoms with van der Waals surface area (Å²) < 4.78 is 0. The van der Waals surface area contributed by atoms with E-state index < -0.39 is 0 Å². The van der Waals surface area contributed by atoms with E-state index in [2.05, 4.69) is 147 Å². The molecule has 7 aromatic rings. The molecule has 7 aromatic carbocycles. The summed E-state index contributed by atoms with van der Waals surface area (Å²) in [7, 11) is 0. The first-order valence-electron chi connectivity index (χ1n) is 15.4. The van der Waals surface area contributed by atoms with Crippen LogP contribution in [0.5, 0.6) is 0 Å². The summed E-state index contributed by atoms with van der Waals surface area (Å²) in [5, 5.41) is 7.49. The Bertz CT molecular complexity index is 2280. The molecule has 0 amide bonds. The molecule has 0 unspecified atom stereocenters. The molecule has 0 aliphatic heterocycles. The van der Waals surface area contributed by atoms with Gasteiger partial charge in [0.05, 0.1) is 0 Å². The lowest BCUT2D eigenvalue weighted by molar-refractivity contribution is 0.991. The minimum Gasteiger partial charge on any atom is -0.0984 e. The zero-order chi connectivity index (χ0) is 29.6. The highest BCUT2D eigenvalue weighted by atomic mass is 14.3. The van der Waals surface area contributed by atoms with Crippen LogP contribution in [0.4, 0.5) is 0 Å². The molecule has 1 aliphatic carbocycles. The summed E-state index contributed by atoms with van der Waals surface area (Å²) in [6.45, 7) is 8.64. The van der Waals surface area contributed by atoms with Crippen molar-refractivity contribution in [2.45, 2.75) is 12.8 Å². The first-order valence-corrected chi connectivity index (χ1v) is 15.4. The van der Waals surface area contributed by atoms with Crippen molar-refractivity contribution in [3.8, 4) is 33.4 Å². The van der Waals surface area contributed by atoms with Gasteiger partial charge in [0, 0.05) is 0 Å². The highest BCUT2D eigenvalue weighted by molar-refractivity contribution is 6.17. The van der Waals surface area contributed by atoms with E-state index in [1.54, 1.807) is 0 Å². The quantitative estimate of drug-likeness (QED) is 0.184. The van der Waals surface area contributed by atoms with E-state index >= 15 is 0 Å². The van der Waals surface area contributed by atoms with Crippen molar-refractivity contribution in [3.05, 3.63) is 163 Å². The van der Waals surface area contributed by atoms with Gasteiger partial charge in [0.1, 0.15) is 0 Å². The largest absolute Gasteiger partial charge is 0.0984 e. The van der Waals surface area contributed by atoms with E-state index in [0.717, 1.165) is 24.0 Å². The third kappa shape index (κ3) is 4.07. The van der Waals surface area contributed by atoms with E-state index in [1.807, 2.05) is 12.2 Å². The Balaban J connectivity index is 1.44. The Kier molecular flexibility index (Phi) is 6.35. The molecule has 0 nitrogen and oxygen atoms in total. The Morgan fingerprint density at radius 2 is 1.14 bits per heavy atom. The van der Waals surface area contributed by atoms with Crippen LogP contribution >= 0.6 is 0 Å². The van der Waals surface area contributed by atoms with Gasteiger partial charge in [-0.05, 0) is 107 Å². The maximum atomic E-state index is 4.34. The highest BCUT2D eigenvalue weighted by Crippen LogP contribution is 2.47. The lowest BCUT2D eigenvalue weighted by Gasteiger charge is -2.25. The maximum absolute atomic E-state index is 4.34. The summed E-state index contributed by atoms with van der Waals surface area (Å²) in [6, 6.07) is 44.2. The van der Waals surface area contributed by atoms with Crippen molar-refractivity contribution in [2.75, 3.05) is 0 Å². The van der Waals surface area contributed by atoms with Gasteiger partial charge in [0.2, 0.25) is 0 Å². The SMILES string of the molecule is C=Cc1c(-c2c3c(c(-c4ccc(-c5ccccc5)cc4)c4ccccc24)CCC=C3)cc2ccc3ccccc3c2c1C=C. The van der Waals surface area contributed by atoms with Gasteiger partial charge in [-0.2, -0.15) is 0 Å². The van der Waals surface area contributed by atoms with Crippen LogP contribution in [0.25, 0.3) is 83.9 Å². The van der Waals surface area contributed by atoms with Gasteiger partial charge in [-0.1, -0.05) is 153 Å². The lowest BCUT2D eigenvalue weighted by atomic mass is 9.78. The van der Waals surface area contributed by atoms with Gasteiger partial charge >= 0.3 is 0 Å². The second kappa shape index (κ2) is 10.7. The Hall–Kier alpha value is -5.46. The fraction of sp³-hybridized carbons (Fsp3) is 0.0455. The summed E-state index contributed by atoms with van der Waals surface area (Å²) in [6.07, 6.45) is 10.8. The van der Waals surface area contributed by atoms with Crippen molar-refractivity contribution in [2.24, 2.45) is 0 Å². The first kappa shape index (κ1) is 26.2. The Labute approximate surface area is 258 Å². The predicted octanol–water partition coefficient (Wildman–Crippen LogP) is 12.4. The molecule has 0 bridgehead atoms. The molecule has 8 rings (SSSR count). The monoisotopic (exact) mass is 560 g/mol. The summed E-state index contributed by atoms with van der Waals surface area (Å²) in [5.74, 6) is 0. The molecule has 0 atom stereocenters. The maximum Gasteiger partial charge on any atom is -0.00233 e. The molecule has 0 spiro atoms. The van der Waals surface area contributed by atoms with Crippen LogP contribution in [0.2, 0.25) is 0 Å². The van der Waals surface area contributed by atoms with Gasteiger partial charge in [-0.25, -0.2) is 0 Å². The fourth-order valence-electron chi connectivity index (χ4n) is 7.33. The summed E-state index contributed by atoms with van der Waals surface area (Å²) >= 11 is 0. The minimum absolute atomic E-state index is 1.01. The van der Waals surface area contributed by atoms with Gasteiger partial charge < -0.3 is 0 Å². The van der Waals surface area contributed by atoms with E-state index in [4.69, 9.17) is 0 Å². The third-order valence-corrected chi connectivity index (χ3v) is 9.28.